The Hall–Kier alpha value is -1.26. The Bertz CT molecular complexity index is 331. The topological polar surface area (TPSA) is 78.4 Å². The van der Waals surface area contributed by atoms with Gasteiger partial charge in [-0.3, -0.25) is 4.79 Å². The summed E-state index contributed by atoms with van der Waals surface area (Å²) in [4.78, 5) is 22.7. The molecule has 5 nitrogen and oxygen atoms in total. The van der Waals surface area contributed by atoms with Crippen LogP contribution in [0.1, 0.15) is 59.3 Å². The van der Waals surface area contributed by atoms with Gasteiger partial charge in [-0.2, -0.15) is 0 Å². The second-order valence-electron chi connectivity index (χ2n) is 6.85. The minimum absolute atomic E-state index is 0.0721. The molecule has 1 aliphatic carbocycles. The van der Waals surface area contributed by atoms with E-state index >= 15 is 0 Å². The van der Waals surface area contributed by atoms with Crippen molar-refractivity contribution in [3.63, 3.8) is 0 Å². The molecule has 0 spiro atoms. The number of amides is 2. The number of urea groups is 1. The molecule has 116 valence electrons. The van der Waals surface area contributed by atoms with Crippen molar-refractivity contribution in [2.45, 2.75) is 65.3 Å². The molecule has 1 aliphatic rings. The predicted molar refractivity (Wildman–Crippen MR) is 78.6 cm³/mol. The first-order valence-electron chi connectivity index (χ1n) is 7.55. The van der Waals surface area contributed by atoms with Crippen molar-refractivity contribution in [2.75, 3.05) is 6.54 Å². The molecule has 1 rings (SSSR count). The van der Waals surface area contributed by atoms with Crippen LogP contribution in [0.4, 0.5) is 4.79 Å². The Balaban J connectivity index is 2.37. The highest BCUT2D eigenvalue weighted by molar-refractivity contribution is 5.74. The molecule has 0 heterocycles. The molecule has 1 saturated carbocycles. The average molecular weight is 284 g/mol. The third kappa shape index (κ3) is 6.26. The molecule has 0 saturated heterocycles. The SMILES string of the molecule is CC(C)(C)C(CNC(=O)NC1CCCCC1)CC(=O)O. The van der Waals surface area contributed by atoms with Gasteiger partial charge in [0.2, 0.25) is 0 Å². The summed E-state index contributed by atoms with van der Waals surface area (Å²) in [5, 5.41) is 14.8. The van der Waals surface area contributed by atoms with Gasteiger partial charge in [-0.1, -0.05) is 40.0 Å². The van der Waals surface area contributed by atoms with Gasteiger partial charge in [0.15, 0.2) is 0 Å². The Kier molecular flexibility index (Phi) is 6.30. The van der Waals surface area contributed by atoms with E-state index in [2.05, 4.69) is 10.6 Å². The summed E-state index contributed by atoms with van der Waals surface area (Å²) in [7, 11) is 0. The van der Waals surface area contributed by atoms with E-state index in [0.29, 0.717) is 6.54 Å². The van der Waals surface area contributed by atoms with Gasteiger partial charge in [-0.15, -0.1) is 0 Å². The second kappa shape index (κ2) is 7.50. The van der Waals surface area contributed by atoms with Gasteiger partial charge in [0.25, 0.3) is 0 Å². The first kappa shape index (κ1) is 16.8. The van der Waals surface area contributed by atoms with Crippen LogP contribution in [0.2, 0.25) is 0 Å². The Labute approximate surface area is 121 Å². The van der Waals surface area contributed by atoms with E-state index in [9.17, 15) is 9.59 Å². The number of hydrogen-bond acceptors (Lipinski definition) is 2. The third-order valence-corrected chi connectivity index (χ3v) is 4.10. The van der Waals surface area contributed by atoms with Crippen LogP contribution in [0.25, 0.3) is 0 Å². The zero-order chi connectivity index (χ0) is 15.2. The second-order valence-corrected chi connectivity index (χ2v) is 6.85. The summed E-state index contributed by atoms with van der Waals surface area (Å²) in [5.41, 5.74) is -0.142. The molecule has 1 fully saturated rings. The first-order chi connectivity index (χ1) is 9.29. The molecule has 0 bridgehead atoms. The number of nitrogens with one attached hydrogen (secondary N) is 2. The number of carboxylic acid groups (broad SMARTS) is 1. The smallest absolute Gasteiger partial charge is 0.315 e. The lowest BCUT2D eigenvalue weighted by atomic mass is 9.78. The molecule has 3 N–H and O–H groups in total. The van der Waals surface area contributed by atoms with Crippen molar-refractivity contribution in [3.8, 4) is 0 Å². The molecule has 0 radical (unpaired) electrons. The van der Waals surface area contributed by atoms with E-state index in [1.165, 1.54) is 19.3 Å². The van der Waals surface area contributed by atoms with Crippen molar-refractivity contribution < 1.29 is 14.7 Å². The summed E-state index contributed by atoms with van der Waals surface area (Å²) < 4.78 is 0. The summed E-state index contributed by atoms with van der Waals surface area (Å²) in [6.45, 7) is 6.40. The van der Waals surface area contributed by atoms with Crippen LogP contribution >= 0.6 is 0 Å². The largest absolute Gasteiger partial charge is 0.481 e. The van der Waals surface area contributed by atoms with Crippen molar-refractivity contribution in [3.05, 3.63) is 0 Å². The van der Waals surface area contributed by atoms with E-state index in [4.69, 9.17) is 5.11 Å². The highest BCUT2D eigenvalue weighted by atomic mass is 16.4. The first-order valence-corrected chi connectivity index (χ1v) is 7.55. The zero-order valence-corrected chi connectivity index (χ0v) is 12.9. The van der Waals surface area contributed by atoms with Gasteiger partial charge in [0.1, 0.15) is 0 Å². The molecule has 2 amide bonds. The number of hydrogen-bond donors (Lipinski definition) is 3. The standard InChI is InChI=1S/C15H28N2O3/c1-15(2,3)11(9-13(18)19)10-16-14(20)17-12-7-5-4-6-8-12/h11-12H,4-10H2,1-3H3,(H,18,19)(H2,16,17,20). The van der Waals surface area contributed by atoms with Gasteiger partial charge in [0, 0.05) is 12.6 Å². The van der Waals surface area contributed by atoms with E-state index in [1.807, 2.05) is 20.8 Å². The van der Waals surface area contributed by atoms with Crippen LogP contribution in [-0.4, -0.2) is 29.7 Å². The lowest BCUT2D eigenvalue weighted by Crippen LogP contribution is -2.45. The van der Waals surface area contributed by atoms with E-state index in [-0.39, 0.29) is 29.8 Å². The van der Waals surface area contributed by atoms with Crippen LogP contribution in [-0.2, 0) is 4.79 Å². The summed E-state index contributed by atoms with van der Waals surface area (Å²) in [5.74, 6) is -0.892. The molecule has 0 aromatic heterocycles. The average Bonchev–Trinajstić information content (AvgIpc) is 2.34. The molecule has 1 unspecified atom stereocenters. The van der Waals surface area contributed by atoms with Crippen molar-refractivity contribution >= 4 is 12.0 Å². The van der Waals surface area contributed by atoms with E-state index < -0.39 is 5.97 Å². The van der Waals surface area contributed by atoms with Crippen molar-refractivity contribution in [1.82, 2.24) is 10.6 Å². The number of aliphatic carboxylic acids is 1. The molecule has 1 atom stereocenters. The van der Waals surface area contributed by atoms with Crippen LogP contribution in [0.3, 0.4) is 0 Å². The normalized spacial score (nSPS) is 18.4. The predicted octanol–water partition coefficient (Wildman–Crippen LogP) is 2.76. The van der Waals surface area contributed by atoms with Gasteiger partial charge in [-0.25, -0.2) is 4.79 Å². The zero-order valence-electron chi connectivity index (χ0n) is 12.9. The Morgan fingerprint density at radius 2 is 1.80 bits per heavy atom. The molecular formula is C15H28N2O3. The summed E-state index contributed by atoms with van der Waals surface area (Å²) in [6, 6.07) is 0.104. The molecule has 0 aromatic carbocycles. The third-order valence-electron chi connectivity index (χ3n) is 4.10. The quantitative estimate of drug-likeness (QED) is 0.726. The van der Waals surface area contributed by atoms with Gasteiger partial charge in [0.05, 0.1) is 6.42 Å². The van der Waals surface area contributed by atoms with Gasteiger partial charge >= 0.3 is 12.0 Å². The minimum Gasteiger partial charge on any atom is -0.481 e. The Morgan fingerprint density at radius 3 is 2.30 bits per heavy atom. The maximum atomic E-state index is 11.9. The fourth-order valence-corrected chi connectivity index (χ4v) is 2.59. The lowest BCUT2D eigenvalue weighted by molar-refractivity contribution is -0.139. The number of carboxylic acids is 1. The maximum Gasteiger partial charge on any atom is 0.315 e. The number of carbonyl (C=O) groups excluding carboxylic acids is 1. The van der Waals surface area contributed by atoms with Crippen molar-refractivity contribution in [1.29, 1.82) is 0 Å². The summed E-state index contributed by atoms with van der Waals surface area (Å²) in [6.07, 6.45) is 5.78. The molecule has 5 heteroatoms. The summed E-state index contributed by atoms with van der Waals surface area (Å²) >= 11 is 0. The monoisotopic (exact) mass is 284 g/mol. The highest BCUT2D eigenvalue weighted by Crippen LogP contribution is 2.28. The Morgan fingerprint density at radius 1 is 1.20 bits per heavy atom. The number of rotatable bonds is 5. The van der Waals surface area contributed by atoms with Crippen LogP contribution in [0.5, 0.6) is 0 Å². The number of carbonyl (C=O) groups is 2. The molecule has 0 aromatic rings. The minimum atomic E-state index is -0.820. The van der Waals surface area contributed by atoms with Gasteiger partial charge < -0.3 is 15.7 Å². The van der Waals surface area contributed by atoms with Gasteiger partial charge in [-0.05, 0) is 24.2 Å². The lowest BCUT2D eigenvalue weighted by Gasteiger charge is -2.30. The van der Waals surface area contributed by atoms with Crippen LogP contribution in [0, 0.1) is 11.3 Å². The van der Waals surface area contributed by atoms with E-state index in [1.54, 1.807) is 0 Å². The fraction of sp³-hybridized carbons (Fsp3) is 0.867. The molecule has 20 heavy (non-hydrogen) atoms. The fourth-order valence-electron chi connectivity index (χ4n) is 2.59. The maximum absolute atomic E-state index is 11.9. The van der Waals surface area contributed by atoms with Crippen molar-refractivity contribution in [2.24, 2.45) is 11.3 Å². The van der Waals surface area contributed by atoms with Crippen LogP contribution in [0.15, 0.2) is 0 Å². The van der Waals surface area contributed by atoms with E-state index in [0.717, 1.165) is 12.8 Å². The van der Waals surface area contributed by atoms with Crippen LogP contribution < -0.4 is 10.6 Å². The molecular weight excluding hydrogens is 256 g/mol. The molecule has 0 aliphatic heterocycles. The highest BCUT2D eigenvalue weighted by Gasteiger charge is 2.27.